The fourth-order valence-corrected chi connectivity index (χ4v) is 4.03. The van der Waals surface area contributed by atoms with Gasteiger partial charge < -0.3 is 45.5 Å². The Bertz CT molecular complexity index is 1460. The highest BCUT2D eigenvalue weighted by Crippen LogP contribution is 2.17. The van der Waals surface area contributed by atoms with E-state index in [2.05, 4.69) is 58.5 Å². The van der Waals surface area contributed by atoms with Crippen LogP contribution in [-0.4, -0.2) is 112 Å². The first-order chi connectivity index (χ1) is 24.5. The molecule has 0 aliphatic rings. The fraction of sp³-hybridized carbons (Fsp3) is 0.485. The number of azide groups is 1. The quantitative estimate of drug-likeness (QED) is 0.0351. The Hall–Kier alpha value is -5.06. The summed E-state index contributed by atoms with van der Waals surface area (Å²) in [6, 6.07) is 16.1. The zero-order valence-corrected chi connectivity index (χ0v) is 28.6. The summed E-state index contributed by atoms with van der Waals surface area (Å²) in [7, 11) is 0. The van der Waals surface area contributed by atoms with Gasteiger partial charge in [-0.3, -0.25) is 9.59 Å². The first kappa shape index (κ1) is 39.4. The Morgan fingerprint density at radius 2 is 1.26 bits per heavy atom. The Morgan fingerprint density at radius 3 is 1.86 bits per heavy atom. The third-order valence-corrected chi connectivity index (χ3v) is 6.80. The van der Waals surface area contributed by atoms with Gasteiger partial charge in [0.2, 0.25) is 17.8 Å². The van der Waals surface area contributed by atoms with Crippen LogP contribution in [0, 0.1) is 0 Å². The van der Waals surface area contributed by atoms with Crippen molar-refractivity contribution in [1.82, 2.24) is 25.6 Å². The third kappa shape index (κ3) is 16.4. The van der Waals surface area contributed by atoms with Crippen LogP contribution in [0.4, 0.5) is 23.5 Å². The van der Waals surface area contributed by atoms with E-state index in [-0.39, 0.29) is 24.4 Å². The molecule has 0 saturated heterocycles. The molecule has 0 spiro atoms. The number of hydrogen-bond acceptors (Lipinski definition) is 13. The minimum atomic E-state index is -0.224. The molecule has 2 aromatic carbocycles. The van der Waals surface area contributed by atoms with E-state index < -0.39 is 0 Å². The molecule has 2 amide bonds. The second kappa shape index (κ2) is 24.1. The molecule has 17 heteroatoms. The maximum absolute atomic E-state index is 12.5. The molecule has 0 saturated carbocycles. The lowest BCUT2D eigenvalue weighted by Crippen LogP contribution is -2.27. The largest absolute Gasteiger partial charge is 0.379 e. The Labute approximate surface area is 291 Å². The SMILES string of the molecule is CCC(C)Nc1nc(NCCOCCOCCNC(=O)c2ccccc2)nc(Nc2ccc(C(=O)NCCOCCOCCN=[N+]=[N-])cc2)n1. The maximum atomic E-state index is 12.5. The number of ether oxygens (including phenoxy) is 4. The van der Waals surface area contributed by atoms with Crippen LogP contribution >= 0.6 is 0 Å². The van der Waals surface area contributed by atoms with Gasteiger partial charge in [0, 0.05) is 53.9 Å². The second-order valence-electron chi connectivity index (χ2n) is 10.7. The van der Waals surface area contributed by atoms with Gasteiger partial charge in [-0.05, 0) is 55.3 Å². The van der Waals surface area contributed by atoms with Crippen molar-refractivity contribution in [2.24, 2.45) is 5.11 Å². The summed E-state index contributed by atoms with van der Waals surface area (Å²) in [5, 5.41) is 18.6. The predicted octanol–water partition coefficient (Wildman–Crippen LogP) is 3.77. The molecular weight excluding hydrogens is 646 g/mol. The average Bonchev–Trinajstić information content (AvgIpc) is 3.13. The monoisotopic (exact) mass is 693 g/mol. The zero-order valence-electron chi connectivity index (χ0n) is 28.6. The van der Waals surface area contributed by atoms with Gasteiger partial charge in [0.1, 0.15) is 0 Å². The number of hydrogen-bond donors (Lipinski definition) is 5. The van der Waals surface area contributed by atoms with Gasteiger partial charge in [0.15, 0.2) is 0 Å². The van der Waals surface area contributed by atoms with E-state index >= 15 is 0 Å². The molecule has 0 aliphatic carbocycles. The van der Waals surface area contributed by atoms with Gasteiger partial charge in [-0.2, -0.15) is 15.0 Å². The van der Waals surface area contributed by atoms with E-state index in [9.17, 15) is 9.59 Å². The Morgan fingerprint density at radius 1 is 0.720 bits per heavy atom. The van der Waals surface area contributed by atoms with Gasteiger partial charge in [0.25, 0.3) is 11.8 Å². The standard InChI is InChI=1S/C33H47N11O6/c1-3-25(2)39-32-41-31(37-15-19-49-22-21-47-17-13-35-29(45)26-7-5-4-6-8-26)42-33(43-32)40-28-11-9-27(10-12-28)30(46)36-14-18-48-23-24-50-20-16-38-44-34/h4-12,25H,3,13-24H2,1-2H3,(H,35,45)(H,36,46)(H3,37,39,40,41,42,43). The predicted molar refractivity (Wildman–Crippen MR) is 190 cm³/mol. The van der Waals surface area contributed by atoms with Gasteiger partial charge >= 0.3 is 0 Å². The molecule has 1 heterocycles. The average molecular weight is 694 g/mol. The van der Waals surface area contributed by atoms with Crippen LogP contribution in [0.3, 0.4) is 0 Å². The van der Waals surface area contributed by atoms with Crippen molar-refractivity contribution in [3.8, 4) is 0 Å². The van der Waals surface area contributed by atoms with Crippen LogP contribution in [-0.2, 0) is 18.9 Å². The number of rotatable bonds is 26. The normalized spacial score (nSPS) is 11.2. The number of carbonyl (C=O) groups is 2. The highest BCUT2D eigenvalue weighted by atomic mass is 16.5. The van der Waals surface area contributed by atoms with Crippen LogP contribution in [0.15, 0.2) is 59.7 Å². The van der Waals surface area contributed by atoms with E-state index in [0.717, 1.165) is 6.42 Å². The van der Waals surface area contributed by atoms with Crippen molar-refractivity contribution in [3.63, 3.8) is 0 Å². The summed E-state index contributed by atoms with van der Waals surface area (Å²) in [6.07, 6.45) is 0.886. The van der Waals surface area contributed by atoms with Crippen molar-refractivity contribution in [1.29, 1.82) is 0 Å². The molecule has 0 fully saturated rings. The number of amides is 2. The Kier molecular flexibility index (Phi) is 19.0. The van der Waals surface area contributed by atoms with Gasteiger partial charge in [-0.1, -0.05) is 30.2 Å². The number of nitrogens with zero attached hydrogens (tertiary/aromatic N) is 6. The number of benzene rings is 2. The molecule has 0 bridgehead atoms. The number of nitrogens with one attached hydrogen (secondary N) is 5. The van der Waals surface area contributed by atoms with Gasteiger partial charge in [-0.25, -0.2) is 0 Å². The summed E-state index contributed by atoms with van der Waals surface area (Å²) in [5.74, 6) is 0.774. The fourth-order valence-electron chi connectivity index (χ4n) is 4.03. The second-order valence-corrected chi connectivity index (χ2v) is 10.7. The highest BCUT2D eigenvalue weighted by Gasteiger charge is 2.11. The van der Waals surface area contributed by atoms with Crippen molar-refractivity contribution < 1.29 is 28.5 Å². The van der Waals surface area contributed by atoms with E-state index in [1.54, 1.807) is 36.4 Å². The maximum Gasteiger partial charge on any atom is 0.251 e. The molecule has 1 unspecified atom stereocenters. The summed E-state index contributed by atoms with van der Waals surface area (Å²) < 4.78 is 21.9. The molecule has 17 nitrogen and oxygen atoms in total. The van der Waals surface area contributed by atoms with Crippen molar-refractivity contribution in [2.75, 3.05) is 95.0 Å². The molecule has 5 N–H and O–H groups in total. The lowest BCUT2D eigenvalue weighted by Gasteiger charge is -2.14. The summed E-state index contributed by atoms with van der Waals surface area (Å²) in [4.78, 5) is 40.7. The minimum Gasteiger partial charge on any atom is -0.379 e. The molecule has 0 radical (unpaired) electrons. The van der Waals surface area contributed by atoms with Crippen LogP contribution in [0.25, 0.3) is 10.4 Å². The van der Waals surface area contributed by atoms with E-state index in [1.165, 1.54) is 0 Å². The number of carbonyl (C=O) groups excluding carboxylic acids is 2. The summed E-state index contributed by atoms with van der Waals surface area (Å²) in [6.45, 7) is 8.63. The van der Waals surface area contributed by atoms with Gasteiger partial charge in [0.05, 0.1) is 52.9 Å². The summed E-state index contributed by atoms with van der Waals surface area (Å²) in [5.41, 5.74) is 10.0. The smallest absolute Gasteiger partial charge is 0.251 e. The first-order valence-electron chi connectivity index (χ1n) is 16.5. The summed E-state index contributed by atoms with van der Waals surface area (Å²) >= 11 is 0. The topological polar surface area (TPSA) is 219 Å². The Balaban J connectivity index is 1.36. The first-order valence-corrected chi connectivity index (χ1v) is 16.5. The number of anilines is 4. The lowest BCUT2D eigenvalue weighted by atomic mass is 10.2. The van der Waals surface area contributed by atoms with E-state index in [4.69, 9.17) is 24.5 Å². The van der Waals surface area contributed by atoms with Crippen molar-refractivity contribution in [3.05, 3.63) is 76.2 Å². The minimum absolute atomic E-state index is 0.131. The highest BCUT2D eigenvalue weighted by molar-refractivity contribution is 5.94. The van der Waals surface area contributed by atoms with Crippen LogP contribution in [0.5, 0.6) is 0 Å². The molecule has 3 aromatic rings. The van der Waals surface area contributed by atoms with Crippen LogP contribution in [0.2, 0.25) is 0 Å². The molecule has 0 aliphatic heterocycles. The van der Waals surface area contributed by atoms with Crippen LogP contribution < -0.4 is 26.6 Å². The molecule has 1 aromatic heterocycles. The van der Waals surface area contributed by atoms with E-state index in [0.29, 0.717) is 107 Å². The van der Waals surface area contributed by atoms with Crippen LogP contribution in [0.1, 0.15) is 41.0 Å². The molecule has 50 heavy (non-hydrogen) atoms. The number of aromatic nitrogens is 3. The molecule has 3 rings (SSSR count). The lowest BCUT2D eigenvalue weighted by molar-refractivity contribution is 0.0511. The third-order valence-electron chi connectivity index (χ3n) is 6.80. The molecular formula is C33H47N11O6. The molecule has 1 atom stereocenters. The van der Waals surface area contributed by atoms with E-state index in [1.807, 2.05) is 25.1 Å². The molecule has 270 valence electrons. The van der Waals surface area contributed by atoms with Gasteiger partial charge in [-0.15, -0.1) is 0 Å². The van der Waals surface area contributed by atoms with Crippen molar-refractivity contribution in [2.45, 2.75) is 26.3 Å². The van der Waals surface area contributed by atoms with Crippen molar-refractivity contribution >= 4 is 35.3 Å². The zero-order chi connectivity index (χ0) is 35.7.